The number of nitrogens with zero attached hydrogens (tertiary/aromatic N) is 3. The van der Waals surface area contributed by atoms with Crippen molar-refractivity contribution in [1.29, 1.82) is 5.26 Å². The number of nitriles is 1. The Labute approximate surface area is 142 Å². The molecule has 2 aromatic rings. The van der Waals surface area contributed by atoms with Gasteiger partial charge < -0.3 is 4.74 Å². The lowest BCUT2D eigenvalue weighted by Crippen LogP contribution is -2.21. The van der Waals surface area contributed by atoms with E-state index in [1.165, 1.54) is 12.1 Å². The molecule has 1 N–H and O–H groups in total. The van der Waals surface area contributed by atoms with E-state index in [9.17, 15) is 13.2 Å². The fourth-order valence-corrected chi connectivity index (χ4v) is 3.11. The highest BCUT2D eigenvalue weighted by Crippen LogP contribution is 2.34. The lowest BCUT2D eigenvalue weighted by atomic mass is 9.84. The second-order valence-electron chi connectivity index (χ2n) is 6.15. The fourth-order valence-electron chi connectivity index (χ4n) is 3.11. The Morgan fingerprint density at radius 3 is 2.40 bits per heavy atom. The van der Waals surface area contributed by atoms with Crippen LogP contribution in [0.1, 0.15) is 54.1 Å². The molecule has 1 aromatic heterocycles. The molecular weight excluding hydrogens is 333 g/mol. The number of benzene rings is 1. The number of halogens is 3. The zero-order chi connectivity index (χ0) is 17.9. The summed E-state index contributed by atoms with van der Waals surface area (Å²) in [6.07, 6.45) is -0.915. The third-order valence-corrected chi connectivity index (χ3v) is 4.51. The number of aromatic nitrogens is 3. The molecule has 1 heterocycles. The van der Waals surface area contributed by atoms with Crippen LogP contribution in [0.3, 0.4) is 0 Å². The predicted octanol–water partition coefficient (Wildman–Crippen LogP) is 3.94. The minimum atomic E-state index is -4.32. The monoisotopic (exact) mass is 350 g/mol. The Kier molecular flexibility index (Phi) is 5.04. The Morgan fingerprint density at radius 1 is 1.12 bits per heavy atom. The first-order valence-corrected chi connectivity index (χ1v) is 8.06. The number of H-pyrrole nitrogens is 1. The van der Waals surface area contributed by atoms with Gasteiger partial charge >= 0.3 is 6.18 Å². The summed E-state index contributed by atoms with van der Waals surface area (Å²) in [4.78, 5) is 0. The summed E-state index contributed by atoms with van der Waals surface area (Å²) in [5.41, 5.74) is 1.12. The molecule has 0 bridgehead atoms. The largest absolute Gasteiger partial charge is 0.416 e. The molecule has 8 heteroatoms. The molecule has 1 aliphatic carbocycles. The van der Waals surface area contributed by atoms with Crippen LogP contribution < -0.4 is 0 Å². The smallest absolute Gasteiger partial charge is 0.374 e. The van der Waals surface area contributed by atoms with Crippen molar-refractivity contribution in [3.8, 4) is 6.07 Å². The molecule has 3 rings (SSSR count). The van der Waals surface area contributed by atoms with Crippen molar-refractivity contribution >= 4 is 0 Å². The molecule has 1 fully saturated rings. The third kappa shape index (κ3) is 4.17. The standard InChI is InChI=1S/C17H17F3N4O/c18-17(19,20)13-5-1-11(2-6-13)10-25-14-7-3-12(4-8-14)16-15(9-21)22-24-23-16/h1-2,5-6,12,14H,3-4,7-8,10H2,(H,22,23,24). The Morgan fingerprint density at radius 2 is 1.80 bits per heavy atom. The van der Waals surface area contributed by atoms with E-state index in [4.69, 9.17) is 10.00 Å². The number of rotatable bonds is 4. The first kappa shape index (κ1) is 17.4. The Bertz CT molecular complexity index is 740. The highest BCUT2D eigenvalue weighted by molar-refractivity contribution is 5.27. The number of hydrogen-bond donors (Lipinski definition) is 1. The second kappa shape index (κ2) is 7.23. The normalized spacial score (nSPS) is 21.0. The lowest BCUT2D eigenvalue weighted by Gasteiger charge is -2.27. The fraction of sp³-hybridized carbons (Fsp3) is 0.471. The van der Waals surface area contributed by atoms with E-state index >= 15 is 0 Å². The first-order chi connectivity index (χ1) is 12.0. The van der Waals surface area contributed by atoms with Gasteiger partial charge in [-0.1, -0.05) is 12.1 Å². The molecule has 0 atom stereocenters. The van der Waals surface area contributed by atoms with Crippen molar-refractivity contribution in [3.63, 3.8) is 0 Å². The van der Waals surface area contributed by atoms with Crippen molar-refractivity contribution in [2.45, 2.75) is 50.5 Å². The van der Waals surface area contributed by atoms with E-state index in [1.54, 1.807) is 0 Å². The van der Waals surface area contributed by atoms with E-state index in [2.05, 4.69) is 15.4 Å². The van der Waals surface area contributed by atoms with Crippen LogP contribution in [0.5, 0.6) is 0 Å². The van der Waals surface area contributed by atoms with Gasteiger partial charge in [-0.25, -0.2) is 0 Å². The van der Waals surface area contributed by atoms with Crippen molar-refractivity contribution in [2.75, 3.05) is 0 Å². The third-order valence-electron chi connectivity index (χ3n) is 4.51. The van der Waals surface area contributed by atoms with Crippen LogP contribution in [-0.2, 0) is 17.5 Å². The van der Waals surface area contributed by atoms with Gasteiger partial charge in [-0.05, 0) is 43.4 Å². The Hall–Kier alpha value is -2.40. The van der Waals surface area contributed by atoms with Crippen LogP contribution in [-0.4, -0.2) is 21.5 Å². The molecule has 0 aliphatic heterocycles. The molecule has 132 valence electrons. The van der Waals surface area contributed by atoms with E-state index < -0.39 is 11.7 Å². The molecule has 0 radical (unpaired) electrons. The summed E-state index contributed by atoms with van der Waals surface area (Å²) in [6, 6.07) is 7.07. The number of alkyl halides is 3. The molecule has 25 heavy (non-hydrogen) atoms. The number of ether oxygens (including phenoxy) is 1. The average molecular weight is 350 g/mol. The van der Waals surface area contributed by atoms with Gasteiger partial charge in [0.1, 0.15) is 11.8 Å². The summed E-state index contributed by atoms with van der Waals surface area (Å²) in [5, 5.41) is 19.4. The second-order valence-corrected chi connectivity index (χ2v) is 6.15. The van der Waals surface area contributed by atoms with Gasteiger partial charge in [0.05, 0.1) is 18.3 Å². The minimum absolute atomic E-state index is 0.0657. The lowest BCUT2D eigenvalue weighted by molar-refractivity contribution is -0.137. The minimum Gasteiger partial charge on any atom is -0.374 e. The van der Waals surface area contributed by atoms with Crippen molar-refractivity contribution < 1.29 is 17.9 Å². The summed E-state index contributed by atoms with van der Waals surface area (Å²) < 4.78 is 43.4. The van der Waals surface area contributed by atoms with Gasteiger partial charge in [-0.2, -0.15) is 28.7 Å². The quantitative estimate of drug-likeness (QED) is 0.906. The van der Waals surface area contributed by atoms with Crippen molar-refractivity contribution in [1.82, 2.24) is 15.4 Å². The molecule has 0 unspecified atom stereocenters. The molecular formula is C17H17F3N4O. The maximum Gasteiger partial charge on any atom is 0.416 e. The number of aromatic amines is 1. The van der Waals surface area contributed by atoms with Gasteiger partial charge in [0.15, 0.2) is 5.69 Å². The maximum atomic E-state index is 12.5. The van der Waals surface area contributed by atoms with Crippen LogP contribution in [0.25, 0.3) is 0 Å². The highest BCUT2D eigenvalue weighted by atomic mass is 19.4. The topological polar surface area (TPSA) is 74.6 Å². The van der Waals surface area contributed by atoms with Crippen LogP contribution in [0.4, 0.5) is 13.2 Å². The Balaban J connectivity index is 1.49. The summed E-state index contributed by atoms with van der Waals surface area (Å²) in [7, 11) is 0. The first-order valence-electron chi connectivity index (χ1n) is 8.06. The van der Waals surface area contributed by atoms with Crippen LogP contribution in [0.15, 0.2) is 24.3 Å². The van der Waals surface area contributed by atoms with Crippen LogP contribution in [0.2, 0.25) is 0 Å². The molecule has 0 spiro atoms. The number of hydrogen-bond acceptors (Lipinski definition) is 4. The van der Waals surface area contributed by atoms with Gasteiger partial charge in [0, 0.05) is 5.92 Å². The zero-order valence-corrected chi connectivity index (χ0v) is 13.4. The molecule has 1 saturated carbocycles. The molecule has 5 nitrogen and oxygen atoms in total. The predicted molar refractivity (Wildman–Crippen MR) is 82.3 cm³/mol. The molecule has 0 saturated heterocycles. The van der Waals surface area contributed by atoms with Crippen LogP contribution in [0, 0.1) is 11.3 Å². The number of nitrogens with one attached hydrogen (secondary N) is 1. The van der Waals surface area contributed by atoms with Crippen molar-refractivity contribution in [3.05, 3.63) is 46.8 Å². The van der Waals surface area contributed by atoms with Crippen molar-refractivity contribution in [2.24, 2.45) is 0 Å². The van der Waals surface area contributed by atoms with E-state index in [0.717, 1.165) is 43.4 Å². The highest BCUT2D eigenvalue weighted by Gasteiger charge is 2.30. The molecule has 1 aromatic carbocycles. The van der Waals surface area contributed by atoms with E-state index in [0.29, 0.717) is 18.0 Å². The maximum absolute atomic E-state index is 12.5. The van der Waals surface area contributed by atoms with E-state index in [-0.39, 0.29) is 12.0 Å². The van der Waals surface area contributed by atoms with E-state index in [1.807, 2.05) is 6.07 Å². The van der Waals surface area contributed by atoms with Gasteiger partial charge in [0.25, 0.3) is 0 Å². The van der Waals surface area contributed by atoms with Gasteiger partial charge in [-0.15, -0.1) is 5.10 Å². The average Bonchev–Trinajstić information content (AvgIpc) is 3.09. The van der Waals surface area contributed by atoms with Crippen LogP contribution >= 0.6 is 0 Å². The van der Waals surface area contributed by atoms with Gasteiger partial charge in [-0.3, -0.25) is 0 Å². The summed E-state index contributed by atoms with van der Waals surface area (Å²) >= 11 is 0. The summed E-state index contributed by atoms with van der Waals surface area (Å²) in [5.74, 6) is 0.194. The molecule has 0 amide bonds. The molecule has 1 aliphatic rings. The van der Waals surface area contributed by atoms with Gasteiger partial charge in [0.2, 0.25) is 0 Å². The SMILES string of the molecule is N#Cc1n[nH]nc1C1CCC(OCc2ccc(C(F)(F)F)cc2)CC1. The summed E-state index contributed by atoms with van der Waals surface area (Å²) in [6.45, 7) is 0.293. The zero-order valence-electron chi connectivity index (χ0n) is 13.4.